The Bertz CT molecular complexity index is 477. The van der Waals surface area contributed by atoms with E-state index in [0.717, 1.165) is 6.07 Å². The van der Waals surface area contributed by atoms with Crippen LogP contribution in [0.2, 0.25) is 0 Å². The largest absolute Gasteiger partial charge is 0.417 e. The van der Waals surface area contributed by atoms with Gasteiger partial charge in [0, 0.05) is 24.4 Å². The van der Waals surface area contributed by atoms with Gasteiger partial charge in [-0.1, -0.05) is 12.2 Å². The molecule has 0 saturated carbocycles. The van der Waals surface area contributed by atoms with Gasteiger partial charge in [0.2, 0.25) is 0 Å². The maximum atomic E-state index is 12.8. The summed E-state index contributed by atoms with van der Waals surface area (Å²) in [6.07, 6.45) is -4.52. The molecule has 0 heterocycles. The van der Waals surface area contributed by atoms with Crippen LogP contribution >= 0.6 is 12.2 Å². The van der Waals surface area contributed by atoms with Crippen molar-refractivity contribution in [3.8, 4) is 0 Å². The molecule has 0 radical (unpaired) electrons. The van der Waals surface area contributed by atoms with E-state index in [0.29, 0.717) is 18.8 Å². The number of rotatable bonds is 6. The first-order valence-electron chi connectivity index (χ1n) is 6.12. The van der Waals surface area contributed by atoms with E-state index in [1.807, 2.05) is 13.8 Å². The highest BCUT2D eigenvalue weighted by Gasteiger charge is 2.34. The molecule has 3 N–H and O–H groups in total. The Kier molecular flexibility index (Phi) is 5.76. The highest BCUT2D eigenvalue weighted by molar-refractivity contribution is 7.80. The number of hydrogen-bond acceptors (Lipinski definition) is 3. The molecule has 7 heteroatoms. The second-order valence-electron chi connectivity index (χ2n) is 4.27. The van der Waals surface area contributed by atoms with Crippen LogP contribution in [-0.4, -0.2) is 24.2 Å². The fourth-order valence-electron chi connectivity index (χ4n) is 1.71. The zero-order valence-corrected chi connectivity index (χ0v) is 12.1. The zero-order valence-electron chi connectivity index (χ0n) is 11.3. The van der Waals surface area contributed by atoms with Gasteiger partial charge in [0.1, 0.15) is 4.99 Å². The lowest BCUT2D eigenvalue weighted by Gasteiger charge is -2.16. The van der Waals surface area contributed by atoms with Crippen LogP contribution in [0.5, 0.6) is 0 Å². The molecule has 0 bridgehead atoms. The predicted octanol–water partition coefficient (Wildman–Crippen LogP) is 3.18. The van der Waals surface area contributed by atoms with Crippen molar-refractivity contribution in [2.45, 2.75) is 26.1 Å². The predicted molar refractivity (Wildman–Crippen MR) is 76.9 cm³/mol. The quantitative estimate of drug-likeness (QED) is 0.793. The van der Waals surface area contributed by atoms with Crippen molar-refractivity contribution >= 4 is 22.9 Å². The molecule has 0 aromatic heterocycles. The summed E-state index contributed by atoms with van der Waals surface area (Å²) in [6, 6.07) is 3.63. The maximum Gasteiger partial charge on any atom is 0.417 e. The fraction of sp³-hybridized carbons (Fsp3) is 0.462. The molecule has 1 aromatic carbocycles. The lowest BCUT2D eigenvalue weighted by Crippen LogP contribution is -2.21. The number of nitrogens with one attached hydrogen (secondary N) is 1. The third-order valence-corrected chi connectivity index (χ3v) is 2.86. The maximum absolute atomic E-state index is 12.8. The Morgan fingerprint density at radius 2 is 2.10 bits per heavy atom. The first-order chi connectivity index (χ1) is 9.25. The van der Waals surface area contributed by atoms with Gasteiger partial charge in [-0.05, 0) is 32.0 Å². The van der Waals surface area contributed by atoms with Crippen LogP contribution in [0.3, 0.4) is 0 Å². The molecule has 1 aromatic rings. The van der Waals surface area contributed by atoms with Crippen molar-refractivity contribution in [3.05, 3.63) is 29.3 Å². The molecule has 112 valence electrons. The van der Waals surface area contributed by atoms with E-state index < -0.39 is 11.7 Å². The van der Waals surface area contributed by atoms with Crippen molar-refractivity contribution in [3.63, 3.8) is 0 Å². The van der Waals surface area contributed by atoms with Gasteiger partial charge in [-0.2, -0.15) is 13.2 Å². The minimum absolute atomic E-state index is 0.0458. The highest BCUT2D eigenvalue weighted by Crippen LogP contribution is 2.33. The number of halogens is 3. The average Bonchev–Trinajstić information content (AvgIpc) is 2.35. The SMILES string of the molecule is CCOC(C)CNc1ccc(C(F)(F)F)c(C(N)=S)c1. The molecule has 1 rings (SSSR count). The van der Waals surface area contributed by atoms with Gasteiger partial charge in [0.05, 0.1) is 11.7 Å². The number of hydrogen-bond donors (Lipinski definition) is 2. The van der Waals surface area contributed by atoms with Crippen molar-refractivity contribution in [1.82, 2.24) is 0 Å². The van der Waals surface area contributed by atoms with Gasteiger partial charge < -0.3 is 15.8 Å². The first-order valence-corrected chi connectivity index (χ1v) is 6.53. The molecule has 0 fully saturated rings. The van der Waals surface area contributed by atoms with Gasteiger partial charge >= 0.3 is 6.18 Å². The van der Waals surface area contributed by atoms with E-state index in [4.69, 9.17) is 10.5 Å². The van der Waals surface area contributed by atoms with Crippen LogP contribution in [0, 0.1) is 0 Å². The number of benzene rings is 1. The van der Waals surface area contributed by atoms with Crippen LogP contribution in [0.15, 0.2) is 18.2 Å². The van der Waals surface area contributed by atoms with Crippen molar-refractivity contribution < 1.29 is 17.9 Å². The smallest absolute Gasteiger partial charge is 0.389 e. The lowest BCUT2D eigenvalue weighted by molar-refractivity contribution is -0.137. The molecule has 20 heavy (non-hydrogen) atoms. The summed E-state index contributed by atoms with van der Waals surface area (Å²) in [5, 5.41) is 3.00. The Morgan fingerprint density at radius 3 is 2.60 bits per heavy atom. The summed E-state index contributed by atoms with van der Waals surface area (Å²) in [5.74, 6) is 0. The Morgan fingerprint density at radius 1 is 1.45 bits per heavy atom. The molecular weight excluding hydrogens is 289 g/mol. The molecule has 1 atom stereocenters. The van der Waals surface area contributed by atoms with Crippen LogP contribution in [0.1, 0.15) is 25.0 Å². The molecule has 0 saturated heterocycles. The Labute approximate surface area is 121 Å². The lowest BCUT2D eigenvalue weighted by atomic mass is 10.1. The number of alkyl halides is 3. The summed E-state index contributed by atoms with van der Waals surface area (Å²) >= 11 is 4.68. The molecule has 0 aliphatic rings. The van der Waals surface area contributed by atoms with E-state index in [9.17, 15) is 13.2 Å². The van der Waals surface area contributed by atoms with Crippen molar-refractivity contribution in [2.24, 2.45) is 5.73 Å². The minimum Gasteiger partial charge on any atom is -0.389 e. The zero-order chi connectivity index (χ0) is 15.3. The Hall–Kier alpha value is -1.34. The molecule has 0 aliphatic heterocycles. The average molecular weight is 306 g/mol. The van der Waals surface area contributed by atoms with Crippen molar-refractivity contribution in [1.29, 1.82) is 0 Å². The van der Waals surface area contributed by atoms with Crippen LogP contribution in [0.25, 0.3) is 0 Å². The molecule has 1 unspecified atom stereocenters. The van der Waals surface area contributed by atoms with Crippen molar-refractivity contribution in [2.75, 3.05) is 18.5 Å². The summed E-state index contributed by atoms with van der Waals surface area (Å²) in [4.78, 5) is -0.279. The summed E-state index contributed by atoms with van der Waals surface area (Å²) in [6.45, 7) is 4.80. The topological polar surface area (TPSA) is 47.3 Å². The van der Waals surface area contributed by atoms with E-state index in [1.165, 1.54) is 12.1 Å². The summed E-state index contributed by atoms with van der Waals surface area (Å²) in [5.41, 5.74) is 4.88. The molecule has 3 nitrogen and oxygen atoms in total. The highest BCUT2D eigenvalue weighted by atomic mass is 32.1. The molecule has 0 aliphatic carbocycles. The van der Waals surface area contributed by atoms with E-state index in [1.54, 1.807) is 0 Å². The van der Waals surface area contributed by atoms with Gasteiger partial charge in [0.15, 0.2) is 0 Å². The number of ether oxygens (including phenoxy) is 1. The number of anilines is 1. The van der Waals surface area contributed by atoms with E-state index in [-0.39, 0.29) is 16.7 Å². The van der Waals surface area contributed by atoms with Crippen LogP contribution in [-0.2, 0) is 10.9 Å². The normalized spacial score (nSPS) is 13.1. The van der Waals surface area contributed by atoms with Gasteiger partial charge in [0.25, 0.3) is 0 Å². The number of nitrogens with two attached hydrogens (primary N) is 1. The number of thiocarbonyl (C=S) groups is 1. The van der Waals surface area contributed by atoms with Gasteiger partial charge in [-0.25, -0.2) is 0 Å². The Balaban J connectivity index is 2.91. The second-order valence-corrected chi connectivity index (χ2v) is 4.71. The fourth-order valence-corrected chi connectivity index (χ4v) is 1.88. The van der Waals surface area contributed by atoms with Crippen LogP contribution in [0.4, 0.5) is 18.9 Å². The van der Waals surface area contributed by atoms with Gasteiger partial charge in [-0.15, -0.1) is 0 Å². The summed E-state index contributed by atoms with van der Waals surface area (Å²) in [7, 11) is 0. The minimum atomic E-state index is -4.48. The third-order valence-electron chi connectivity index (χ3n) is 2.64. The summed E-state index contributed by atoms with van der Waals surface area (Å²) < 4.78 is 43.7. The van der Waals surface area contributed by atoms with E-state index >= 15 is 0 Å². The standard InChI is InChI=1S/C13H17F3N2OS/c1-3-19-8(2)7-18-9-4-5-11(13(14,15)16)10(6-9)12(17)20/h4-6,8,18H,3,7H2,1-2H3,(H2,17,20). The van der Waals surface area contributed by atoms with Crippen LogP contribution < -0.4 is 11.1 Å². The second kappa shape index (κ2) is 6.90. The third kappa shape index (κ3) is 4.64. The van der Waals surface area contributed by atoms with E-state index in [2.05, 4.69) is 17.5 Å². The van der Waals surface area contributed by atoms with Gasteiger partial charge in [-0.3, -0.25) is 0 Å². The first kappa shape index (κ1) is 16.7. The monoisotopic (exact) mass is 306 g/mol. The molecular formula is C13H17F3N2OS. The molecule has 0 amide bonds. The molecule has 0 spiro atoms.